The number of carbonyl (C=O) groups excluding carboxylic acids is 1. The number of fused-ring (bicyclic) bond motifs is 1. The maximum Gasteiger partial charge on any atom is 0.163 e. The van der Waals surface area contributed by atoms with Crippen LogP contribution in [0.2, 0.25) is 5.02 Å². The van der Waals surface area contributed by atoms with Gasteiger partial charge in [-0.2, -0.15) is 0 Å². The highest BCUT2D eigenvalue weighted by Crippen LogP contribution is 2.35. The third-order valence-electron chi connectivity index (χ3n) is 6.07. The first-order chi connectivity index (χ1) is 16.7. The minimum absolute atomic E-state index is 0.173. The van der Waals surface area contributed by atoms with Gasteiger partial charge >= 0.3 is 0 Å². The van der Waals surface area contributed by atoms with Gasteiger partial charge in [0, 0.05) is 41.4 Å². The van der Waals surface area contributed by atoms with Crippen molar-refractivity contribution in [3.63, 3.8) is 0 Å². The molecule has 3 aromatic carbocycles. The lowest BCUT2D eigenvalue weighted by molar-refractivity contribution is 0.0971. The maximum atomic E-state index is 12.6. The molecular formula is C28H25ClN2O3. The van der Waals surface area contributed by atoms with Crippen LogP contribution in [-0.2, 0) is 19.4 Å². The van der Waals surface area contributed by atoms with Crippen LogP contribution >= 0.6 is 11.6 Å². The molecule has 1 aliphatic carbocycles. The fourth-order valence-electron chi connectivity index (χ4n) is 4.39. The van der Waals surface area contributed by atoms with Crippen molar-refractivity contribution in [3.05, 3.63) is 112 Å². The summed E-state index contributed by atoms with van der Waals surface area (Å²) in [5.74, 6) is 2.41. The molecule has 0 radical (unpaired) electrons. The number of Topliss-reactive ketones (excluding diaryl/α,β-unsaturated/α-hetero) is 1. The van der Waals surface area contributed by atoms with Gasteiger partial charge in [0.05, 0.1) is 0 Å². The topological polar surface area (TPSA) is 64.2 Å². The van der Waals surface area contributed by atoms with Crippen LogP contribution in [0.3, 0.4) is 0 Å². The maximum absolute atomic E-state index is 12.6. The van der Waals surface area contributed by atoms with Crippen LogP contribution in [0.15, 0.2) is 79.1 Å². The number of halogens is 1. The Kier molecular flexibility index (Phi) is 6.63. The van der Waals surface area contributed by atoms with Crippen molar-refractivity contribution in [2.45, 2.75) is 38.4 Å². The van der Waals surface area contributed by atoms with Crippen molar-refractivity contribution >= 4 is 17.4 Å². The SMILES string of the molecule is O=C1CCCc2c1ccc(O[C@@H](Cc1ncc[nH]1)c1ccccc1)c2COc1cccc(Cl)c1. The number of aromatic amines is 1. The normalized spacial score (nSPS) is 13.9. The first kappa shape index (κ1) is 22.2. The summed E-state index contributed by atoms with van der Waals surface area (Å²) in [6, 6.07) is 21.2. The van der Waals surface area contributed by atoms with E-state index < -0.39 is 0 Å². The first-order valence-electron chi connectivity index (χ1n) is 11.4. The number of hydrogen-bond acceptors (Lipinski definition) is 4. The number of rotatable bonds is 8. The highest BCUT2D eigenvalue weighted by Gasteiger charge is 2.25. The molecule has 0 unspecified atom stereocenters. The molecule has 34 heavy (non-hydrogen) atoms. The Bertz CT molecular complexity index is 1270. The van der Waals surface area contributed by atoms with Gasteiger partial charge < -0.3 is 14.5 Å². The number of nitrogens with one attached hydrogen (secondary N) is 1. The molecule has 0 fully saturated rings. The molecule has 1 aliphatic rings. The van der Waals surface area contributed by atoms with E-state index in [1.807, 2.05) is 54.7 Å². The zero-order valence-electron chi connectivity index (χ0n) is 18.7. The van der Waals surface area contributed by atoms with Crippen molar-refractivity contribution in [2.75, 3.05) is 0 Å². The molecule has 0 saturated heterocycles. The fraction of sp³-hybridized carbons (Fsp3) is 0.214. The van der Waals surface area contributed by atoms with E-state index in [0.717, 1.165) is 46.7 Å². The third kappa shape index (κ3) is 5.00. The van der Waals surface area contributed by atoms with E-state index in [-0.39, 0.29) is 18.5 Å². The first-order valence-corrected chi connectivity index (χ1v) is 11.8. The molecule has 172 valence electrons. The predicted molar refractivity (Wildman–Crippen MR) is 132 cm³/mol. The molecule has 6 heteroatoms. The van der Waals surface area contributed by atoms with E-state index in [9.17, 15) is 4.79 Å². The van der Waals surface area contributed by atoms with E-state index in [1.54, 1.807) is 12.3 Å². The fourth-order valence-corrected chi connectivity index (χ4v) is 4.57. The van der Waals surface area contributed by atoms with Crippen LogP contribution in [0.4, 0.5) is 0 Å². The van der Waals surface area contributed by atoms with Gasteiger partial charge in [0.2, 0.25) is 0 Å². The van der Waals surface area contributed by atoms with Gasteiger partial charge in [-0.3, -0.25) is 4.79 Å². The average molecular weight is 473 g/mol. The Hall–Kier alpha value is -3.57. The van der Waals surface area contributed by atoms with Crippen molar-refractivity contribution in [1.29, 1.82) is 0 Å². The molecule has 0 spiro atoms. The van der Waals surface area contributed by atoms with Crippen molar-refractivity contribution in [1.82, 2.24) is 9.97 Å². The number of carbonyl (C=O) groups is 1. The second kappa shape index (κ2) is 10.1. The van der Waals surface area contributed by atoms with E-state index in [1.165, 1.54) is 0 Å². The molecule has 1 N–H and O–H groups in total. The molecule has 1 heterocycles. The summed E-state index contributed by atoms with van der Waals surface area (Å²) in [5.41, 5.74) is 3.74. The van der Waals surface area contributed by atoms with Crippen LogP contribution in [0, 0.1) is 0 Å². The minimum atomic E-state index is -0.255. The Morgan fingerprint density at radius 2 is 1.91 bits per heavy atom. The number of nitrogens with zero attached hydrogens (tertiary/aromatic N) is 1. The molecule has 1 aromatic heterocycles. The zero-order valence-corrected chi connectivity index (χ0v) is 19.4. The molecular weight excluding hydrogens is 448 g/mol. The number of ketones is 1. The Balaban J connectivity index is 1.50. The van der Waals surface area contributed by atoms with Crippen molar-refractivity contribution in [2.24, 2.45) is 0 Å². The summed E-state index contributed by atoms with van der Waals surface area (Å²) in [7, 11) is 0. The van der Waals surface area contributed by atoms with Crippen LogP contribution in [0.25, 0.3) is 0 Å². The minimum Gasteiger partial charge on any atom is -0.489 e. The van der Waals surface area contributed by atoms with Gasteiger partial charge in [0.1, 0.15) is 30.0 Å². The standard InChI is InChI=1S/C28H25ClN2O3/c29-20-8-4-9-21(16-20)33-18-24-22-10-5-11-25(32)23(22)12-13-26(24)34-27(17-28-30-14-15-31-28)19-6-2-1-3-7-19/h1-4,6-9,12-16,27H,5,10-11,17-18H2,(H,30,31)/t27-/m0/s1. The zero-order chi connectivity index (χ0) is 23.3. The van der Waals surface area contributed by atoms with E-state index >= 15 is 0 Å². The quantitative estimate of drug-likeness (QED) is 0.317. The summed E-state index contributed by atoms with van der Waals surface area (Å²) in [4.78, 5) is 20.2. The summed E-state index contributed by atoms with van der Waals surface area (Å²) in [5, 5.41) is 0.613. The Morgan fingerprint density at radius 3 is 2.71 bits per heavy atom. The Morgan fingerprint density at radius 1 is 1.03 bits per heavy atom. The number of hydrogen-bond donors (Lipinski definition) is 1. The number of aromatic nitrogens is 2. The van der Waals surface area contributed by atoms with Gasteiger partial charge in [-0.15, -0.1) is 0 Å². The molecule has 5 nitrogen and oxygen atoms in total. The van der Waals surface area contributed by atoms with Crippen LogP contribution in [0.1, 0.15) is 51.8 Å². The molecule has 5 rings (SSSR count). The third-order valence-corrected chi connectivity index (χ3v) is 6.31. The number of ether oxygens (including phenoxy) is 2. The molecule has 4 aromatic rings. The van der Waals surface area contributed by atoms with Crippen LogP contribution in [0.5, 0.6) is 11.5 Å². The van der Waals surface area contributed by atoms with E-state index in [0.29, 0.717) is 23.6 Å². The van der Waals surface area contributed by atoms with Gasteiger partial charge in [-0.1, -0.05) is 48.0 Å². The number of H-pyrrole nitrogens is 1. The Labute approximate surface area is 203 Å². The summed E-state index contributed by atoms with van der Waals surface area (Å²) >= 11 is 6.14. The van der Waals surface area contributed by atoms with Gasteiger partial charge in [-0.05, 0) is 54.3 Å². The number of benzene rings is 3. The lowest BCUT2D eigenvalue weighted by Gasteiger charge is -2.25. The molecule has 0 aliphatic heterocycles. The van der Waals surface area contributed by atoms with Crippen LogP contribution in [-0.4, -0.2) is 15.8 Å². The molecule has 0 amide bonds. The summed E-state index contributed by atoms with van der Waals surface area (Å²) in [6.07, 6.45) is 6.11. The summed E-state index contributed by atoms with van der Waals surface area (Å²) in [6.45, 7) is 0.286. The molecule has 0 saturated carbocycles. The van der Waals surface area contributed by atoms with Crippen LogP contribution < -0.4 is 9.47 Å². The van der Waals surface area contributed by atoms with Gasteiger partial charge in [0.25, 0.3) is 0 Å². The van der Waals surface area contributed by atoms with Gasteiger partial charge in [-0.25, -0.2) is 4.98 Å². The second-order valence-corrected chi connectivity index (χ2v) is 8.78. The molecule has 0 bridgehead atoms. The predicted octanol–water partition coefficient (Wildman–Crippen LogP) is 6.52. The lowest BCUT2D eigenvalue weighted by Crippen LogP contribution is -2.18. The monoisotopic (exact) mass is 472 g/mol. The average Bonchev–Trinajstić information content (AvgIpc) is 3.37. The van der Waals surface area contributed by atoms with E-state index in [2.05, 4.69) is 22.1 Å². The summed E-state index contributed by atoms with van der Waals surface area (Å²) < 4.78 is 12.8. The van der Waals surface area contributed by atoms with E-state index in [4.69, 9.17) is 21.1 Å². The van der Waals surface area contributed by atoms with Crippen molar-refractivity contribution in [3.8, 4) is 11.5 Å². The highest BCUT2D eigenvalue weighted by molar-refractivity contribution is 6.30. The largest absolute Gasteiger partial charge is 0.489 e. The smallest absolute Gasteiger partial charge is 0.163 e. The van der Waals surface area contributed by atoms with Crippen molar-refractivity contribution < 1.29 is 14.3 Å². The highest BCUT2D eigenvalue weighted by atomic mass is 35.5. The number of imidazole rings is 1. The molecule has 1 atom stereocenters. The lowest BCUT2D eigenvalue weighted by atomic mass is 9.87. The van der Waals surface area contributed by atoms with Gasteiger partial charge in [0.15, 0.2) is 5.78 Å². The second-order valence-electron chi connectivity index (χ2n) is 8.35.